The van der Waals surface area contributed by atoms with Crippen molar-refractivity contribution in [3.8, 4) is 0 Å². The molecular formula is C32H36N4S4. The second kappa shape index (κ2) is 12.5. The van der Waals surface area contributed by atoms with Gasteiger partial charge in [0.15, 0.2) is 0 Å². The summed E-state index contributed by atoms with van der Waals surface area (Å²) in [5, 5.41) is 4.05. The number of hydrogen-bond acceptors (Lipinski definition) is 8. The van der Waals surface area contributed by atoms with Crippen LogP contribution < -0.4 is 0 Å². The summed E-state index contributed by atoms with van der Waals surface area (Å²) >= 11 is 7.11. The number of thioether (sulfide) groups is 4. The van der Waals surface area contributed by atoms with Crippen LogP contribution >= 0.6 is 47.0 Å². The first-order valence-electron chi connectivity index (χ1n) is 13.4. The normalized spacial score (nSPS) is 14.9. The summed E-state index contributed by atoms with van der Waals surface area (Å²) < 4.78 is 0. The monoisotopic (exact) mass is 604 g/mol. The molecule has 0 spiro atoms. The molecule has 0 saturated heterocycles. The van der Waals surface area contributed by atoms with E-state index in [1.54, 1.807) is 59.7 Å². The van der Waals surface area contributed by atoms with E-state index < -0.39 is 0 Å². The molecule has 1 aliphatic rings. The number of aromatic nitrogens is 4. The van der Waals surface area contributed by atoms with Gasteiger partial charge >= 0.3 is 0 Å². The number of nitrogens with zero attached hydrogens (tertiary/aromatic N) is 4. The fraction of sp³-hybridized carbons (Fsp3) is 0.375. The van der Waals surface area contributed by atoms with Crippen molar-refractivity contribution in [3.05, 3.63) is 94.6 Å². The minimum atomic E-state index is 0.0774. The van der Waals surface area contributed by atoms with Gasteiger partial charge in [-0.2, -0.15) is 0 Å². The van der Waals surface area contributed by atoms with Crippen molar-refractivity contribution in [1.82, 2.24) is 19.9 Å². The van der Waals surface area contributed by atoms with E-state index >= 15 is 0 Å². The van der Waals surface area contributed by atoms with Crippen LogP contribution in [0.4, 0.5) is 0 Å². The number of benzene rings is 2. The maximum atomic E-state index is 4.58. The summed E-state index contributed by atoms with van der Waals surface area (Å²) in [5.74, 6) is 3.48. The molecule has 0 unspecified atom stereocenters. The highest BCUT2D eigenvalue weighted by Gasteiger charge is 2.18. The molecule has 8 heteroatoms. The maximum Gasteiger partial charge on any atom is 0.117 e. The molecule has 0 aliphatic carbocycles. The van der Waals surface area contributed by atoms with E-state index in [4.69, 9.17) is 0 Å². The molecule has 8 bridgehead atoms. The molecule has 0 radical (unpaired) electrons. The largest absolute Gasteiger partial charge is 0.230 e. The van der Waals surface area contributed by atoms with Crippen LogP contribution in [0.3, 0.4) is 0 Å². The third kappa shape index (κ3) is 8.05. The average Bonchev–Trinajstić information content (AvgIpc) is 2.92. The molecule has 5 rings (SSSR count). The van der Waals surface area contributed by atoms with E-state index in [1.807, 2.05) is 0 Å². The van der Waals surface area contributed by atoms with Gasteiger partial charge in [-0.05, 0) is 44.2 Å². The average molecular weight is 605 g/mol. The van der Waals surface area contributed by atoms with E-state index in [-0.39, 0.29) is 10.8 Å². The van der Waals surface area contributed by atoms with E-state index in [1.165, 1.54) is 33.4 Å². The lowest BCUT2D eigenvalue weighted by atomic mass is 9.85. The van der Waals surface area contributed by atoms with E-state index in [2.05, 4.69) is 110 Å². The first-order chi connectivity index (χ1) is 19.0. The quantitative estimate of drug-likeness (QED) is 0.184. The molecule has 0 saturated carbocycles. The fourth-order valence-corrected chi connectivity index (χ4v) is 7.66. The second-order valence-electron chi connectivity index (χ2n) is 12.1. The van der Waals surface area contributed by atoms with Gasteiger partial charge in [0.2, 0.25) is 0 Å². The predicted octanol–water partition coefficient (Wildman–Crippen LogP) is 9.34. The number of hydrogen-bond donors (Lipinski definition) is 0. The SMILES string of the molecule is CC(C)(C)c1cc2cc(c1)CSc1cc(ncn1)SCc1cc(cc(C(C)(C)C)c1)CSc1cc(ncn1)SC2. The fourth-order valence-electron chi connectivity index (χ4n) is 4.32. The molecule has 4 nitrogen and oxygen atoms in total. The van der Waals surface area contributed by atoms with E-state index in [0.717, 1.165) is 43.1 Å². The zero-order chi connectivity index (χ0) is 28.3. The van der Waals surface area contributed by atoms with Crippen molar-refractivity contribution in [2.45, 2.75) is 95.5 Å². The van der Waals surface area contributed by atoms with Crippen LogP contribution in [0.2, 0.25) is 0 Å². The Morgan fingerprint density at radius 3 is 0.950 bits per heavy atom. The van der Waals surface area contributed by atoms with Crippen LogP contribution in [0.1, 0.15) is 74.9 Å². The van der Waals surface area contributed by atoms with Crippen LogP contribution in [-0.2, 0) is 33.8 Å². The lowest BCUT2D eigenvalue weighted by molar-refractivity contribution is 0.589. The highest BCUT2D eigenvalue weighted by molar-refractivity contribution is 7.99. The Kier molecular flexibility index (Phi) is 9.20. The molecular weight excluding hydrogens is 569 g/mol. The van der Waals surface area contributed by atoms with Gasteiger partial charge in [-0.3, -0.25) is 0 Å². The number of rotatable bonds is 0. The van der Waals surface area contributed by atoms with E-state index in [9.17, 15) is 0 Å². The molecule has 2 aromatic heterocycles. The lowest BCUT2D eigenvalue weighted by Crippen LogP contribution is -2.12. The van der Waals surface area contributed by atoms with Crippen molar-refractivity contribution in [3.63, 3.8) is 0 Å². The zero-order valence-electron chi connectivity index (χ0n) is 24.0. The van der Waals surface area contributed by atoms with Crippen molar-refractivity contribution >= 4 is 47.0 Å². The number of fused-ring (bicyclic) bond motifs is 8. The molecule has 208 valence electrons. The van der Waals surface area contributed by atoms with Crippen molar-refractivity contribution in [2.75, 3.05) is 0 Å². The molecule has 2 aromatic carbocycles. The molecule has 0 N–H and O–H groups in total. The highest BCUT2D eigenvalue weighted by Crippen LogP contribution is 2.34. The Labute approximate surface area is 255 Å². The molecule has 3 heterocycles. The Morgan fingerprint density at radius 1 is 0.425 bits per heavy atom. The minimum Gasteiger partial charge on any atom is -0.230 e. The van der Waals surface area contributed by atoms with Gasteiger partial charge in [-0.15, -0.1) is 47.0 Å². The summed E-state index contributed by atoms with van der Waals surface area (Å²) in [4.78, 5) is 18.3. The third-order valence-electron chi connectivity index (χ3n) is 6.62. The third-order valence-corrected chi connectivity index (χ3v) is 10.6. The zero-order valence-corrected chi connectivity index (χ0v) is 27.3. The lowest BCUT2D eigenvalue weighted by Gasteiger charge is -2.21. The van der Waals surface area contributed by atoms with Crippen LogP contribution in [-0.4, -0.2) is 19.9 Å². The summed E-state index contributed by atoms with van der Waals surface area (Å²) in [6.07, 6.45) is 3.40. The van der Waals surface area contributed by atoms with Crippen LogP contribution in [0, 0.1) is 0 Å². The summed E-state index contributed by atoms with van der Waals surface area (Å²) in [6.45, 7) is 13.7. The maximum absolute atomic E-state index is 4.58. The Morgan fingerprint density at radius 2 is 0.700 bits per heavy atom. The van der Waals surface area contributed by atoms with Crippen molar-refractivity contribution in [1.29, 1.82) is 0 Å². The molecule has 0 fully saturated rings. The van der Waals surface area contributed by atoms with Crippen molar-refractivity contribution < 1.29 is 0 Å². The van der Waals surface area contributed by atoms with Gasteiger partial charge in [0, 0.05) is 35.1 Å². The predicted molar refractivity (Wildman–Crippen MR) is 173 cm³/mol. The van der Waals surface area contributed by atoms with Crippen LogP contribution in [0.25, 0.3) is 0 Å². The topological polar surface area (TPSA) is 51.6 Å². The van der Waals surface area contributed by atoms with Gasteiger partial charge in [-0.1, -0.05) is 77.9 Å². The molecule has 1 aliphatic heterocycles. The second-order valence-corrected chi connectivity index (χ2v) is 16.1. The first-order valence-corrected chi connectivity index (χ1v) is 17.4. The molecule has 0 amide bonds. The molecule has 4 aromatic rings. The van der Waals surface area contributed by atoms with Gasteiger partial charge in [0.05, 0.1) is 0 Å². The smallest absolute Gasteiger partial charge is 0.117 e. The van der Waals surface area contributed by atoms with Crippen LogP contribution in [0.5, 0.6) is 0 Å². The molecule has 40 heavy (non-hydrogen) atoms. The van der Waals surface area contributed by atoms with Crippen LogP contribution in [0.15, 0.2) is 81.3 Å². The molecule has 0 atom stereocenters. The Balaban J connectivity index is 1.50. The van der Waals surface area contributed by atoms with E-state index in [0.29, 0.717) is 0 Å². The summed E-state index contributed by atoms with van der Waals surface area (Å²) in [6, 6.07) is 18.3. The van der Waals surface area contributed by atoms with Gasteiger partial charge in [-0.25, -0.2) is 19.9 Å². The summed E-state index contributed by atoms with van der Waals surface area (Å²) in [7, 11) is 0. The Bertz CT molecular complexity index is 1300. The first kappa shape index (κ1) is 29.5. The Hall–Kier alpha value is -2.00. The van der Waals surface area contributed by atoms with Gasteiger partial charge in [0.25, 0.3) is 0 Å². The summed E-state index contributed by atoms with van der Waals surface area (Å²) in [5.41, 5.74) is 8.15. The van der Waals surface area contributed by atoms with Gasteiger partial charge < -0.3 is 0 Å². The standard InChI is InChI=1S/C32H36N4S4/c1-31(2,3)25-9-21-7-22(10-25)16-38-28-14-30(36-20-34-28)40-18-24-8-23(11-26(12-24)32(4,5)6)17-39-29-13-27(37-15-21)33-19-35-29/h7-14,19-20H,15-18H2,1-6H3. The van der Waals surface area contributed by atoms with Crippen molar-refractivity contribution in [2.24, 2.45) is 0 Å². The minimum absolute atomic E-state index is 0.0774. The van der Waals surface area contributed by atoms with Gasteiger partial charge in [0.1, 0.15) is 32.8 Å². The highest BCUT2D eigenvalue weighted by atomic mass is 32.2.